The van der Waals surface area contributed by atoms with Crippen LogP contribution in [0.5, 0.6) is 0 Å². The molecule has 0 atom stereocenters. The van der Waals surface area contributed by atoms with Gasteiger partial charge in [0.25, 0.3) is 0 Å². The van der Waals surface area contributed by atoms with E-state index in [0.29, 0.717) is 5.82 Å². The Morgan fingerprint density at radius 2 is 2.00 bits per heavy atom. The summed E-state index contributed by atoms with van der Waals surface area (Å²) in [4.78, 5) is 5.28. The van der Waals surface area contributed by atoms with Gasteiger partial charge < -0.3 is 4.52 Å². The third-order valence-electron chi connectivity index (χ3n) is 2.29. The normalized spacial score (nSPS) is 10.5. The zero-order valence-corrected chi connectivity index (χ0v) is 9.15. The van der Waals surface area contributed by atoms with E-state index in [-0.39, 0.29) is 0 Å². The fourth-order valence-corrected chi connectivity index (χ4v) is 2.28. The predicted octanol–water partition coefficient (Wildman–Crippen LogP) is 3.47. The van der Waals surface area contributed by atoms with Crippen LogP contribution in [0.15, 0.2) is 52.7 Å². The molecule has 0 aliphatic carbocycles. The molecule has 78 valence electrons. The van der Waals surface area contributed by atoms with Crippen LogP contribution in [0.2, 0.25) is 0 Å². The van der Waals surface area contributed by atoms with Gasteiger partial charge in [0.1, 0.15) is 0 Å². The Hall–Kier alpha value is -1.94. The Bertz CT molecular complexity index is 523. The van der Waals surface area contributed by atoms with Crippen LogP contribution in [-0.2, 0) is 0 Å². The molecule has 0 amide bonds. The van der Waals surface area contributed by atoms with Crippen LogP contribution in [0.4, 0.5) is 0 Å². The maximum Gasteiger partial charge on any atom is 0.214 e. The van der Waals surface area contributed by atoms with Crippen molar-refractivity contribution in [2.45, 2.75) is 0 Å². The molecule has 3 rings (SSSR count). The minimum absolute atomic E-state index is 0.624. The molecule has 0 N–H and O–H groups in total. The smallest absolute Gasteiger partial charge is 0.214 e. The van der Waals surface area contributed by atoms with Crippen molar-refractivity contribution in [3.63, 3.8) is 0 Å². The van der Waals surface area contributed by atoms with E-state index in [2.05, 4.69) is 33.7 Å². The number of rotatable bonds is 2. The Morgan fingerprint density at radius 3 is 2.75 bits per heavy atom. The molecule has 0 aliphatic heterocycles. The molecular formula is C12H8N2OS. The first kappa shape index (κ1) is 9.30. The number of benzene rings is 1. The minimum Gasteiger partial charge on any atom is -0.342 e. The highest BCUT2D eigenvalue weighted by molar-refractivity contribution is 7.13. The maximum atomic E-state index is 4.74. The third kappa shape index (κ3) is 1.63. The standard InChI is InChI=1S/C12H8N2OS/c1-3-9(11-5-2-6-16-11)7-10(4-1)12-13-8-15-14-12/h1-8H. The Morgan fingerprint density at radius 1 is 1.06 bits per heavy atom. The zero-order chi connectivity index (χ0) is 10.8. The van der Waals surface area contributed by atoms with Crippen molar-refractivity contribution in [2.24, 2.45) is 0 Å². The SMILES string of the molecule is c1cc(-c2ncon2)cc(-c2cccs2)c1. The molecule has 0 fully saturated rings. The van der Waals surface area contributed by atoms with Gasteiger partial charge in [0, 0.05) is 10.4 Å². The number of aromatic nitrogens is 2. The summed E-state index contributed by atoms with van der Waals surface area (Å²) in [7, 11) is 0. The quantitative estimate of drug-likeness (QED) is 0.674. The van der Waals surface area contributed by atoms with E-state index in [0.717, 1.165) is 5.56 Å². The topological polar surface area (TPSA) is 38.9 Å². The summed E-state index contributed by atoms with van der Waals surface area (Å²) in [5, 5.41) is 5.89. The first-order valence-electron chi connectivity index (χ1n) is 4.84. The lowest BCUT2D eigenvalue weighted by Gasteiger charge is -1.99. The van der Waals surface area contributed by atoms with E-state index in [1.165, 1.54) is 16.8 Å². The van der Waals surface area contributed by atoms with E-state index >= 15 is 0 Å². The molecule has 1 aromatic carbocycles. The average molecular weight is 228 g/mol. The van der Waals surface area contributed by atoms with E-state index in [4.69, 9.17) is 4.52 Å². The largest absolute Gasteiger partial charge is 0.342 e. The van der Waals surface area contributed by atoms with Crippen molar-refractivity contribution in [1.29, 1.82) is 0 Å². The van der Waals surface area contributed by atoms with Gasteiger partial charge in [-0.25, -0.2) is 0 Å². The summed E-state index contributed by atoms with van der Waals surface area (Å²) in [6.07, 6.45) is 1.34. The summed E-state index contributed by atoms with van der Waals surface area (Å²) in [5.41, 5.74) is 2.15. The first-order valence-corrected chi connectivity index (χ1v) is 5.72. The second kappa shape index (κ2) is 3.90. The molecule has 0 radical (unpaired) electrons. The summed E-state index contributed by atoms with van der Waals surface area (Å²) in [6.45, 7) is 0. The van der Waals surface area contributed by atoms with Crippen LogP contribution in [0.1, 0.15) is 0 Å². The maximum absolute atomic E-state index is 4.74. The molecule has 2 aromatic heterocycles. The minimum atomic E-state index is 0.624. The van der Waals surface area contributed by atoms with Gasteiger partial charge >= 0.3 is 0 Å². The molecule has 0 saturated carbocycles. The molecule has 0 saturated heterocycles. The molecule has 0 aliphatic rings. The fraction of sp³-hybridized carbons (Fsp3) is 0. The summed E-state index contributed by atoms with van der Waals surface area (Å²) >= 11 is 1.72. The van der Waals surface area contributed by atoms with Crippen molar-refractivity contribution < 1.29 is 4.52 Å². The second-order valence-electron chi connectivity index (χ2n) is 3.31. The lowest BCUT2D eigenvalue weighted by atomic mass is 10.1. The number of hydrogen-bond donors (Lipinski definition) is 0. The van der Waals surface area contributed by atoms with Gasteiger partial charge in [-0.15, -0.1) is 11.3 Å². The van der Waals surface area contributed by atoms with Gasteiger partial charge in [-0.05, 0) is 23.1 Å². The first-order chi connectivity index (χ1) is 7.93. The highest BCUT2D eigenvalue weighted by atomic mass is 32.1. The van der Waals surface area contributed by atoms with Crippen molar-refractivity contribution in [1.82, 2.24) is 10.1 Å². The molecule has 3 aromatic rings. The summed E-state index contributed by atoms with van der Waals surface area (Å²) < 4.78 is 4.74. The average Bonchev–Trinajstić information content (AvgIpc) is 3.03. The Balaban J connectivity index is 2.07. The zero-order valence-electron chi connectivity index (χ0n) is 8.33. The Labute approximate surface area is 96.4 Å². The summed E-state index contributed by atoms with van der Waals surface area (Å²) in [5.74, 6) is 0.624. The van der Waals surface area contributed by atoms with Crippen LogP contribution >= 0.6 is 11.3 Å². The van der Waals surface area contributed by atoms with E-state index < -0.39 is 0 Å². The van der Waals surface area contributed by atoms with E-state index in [9.17, 15) is 0 Å². The van der Waals surface area contributed by atoms with Gasteiger partial charge in [0.05, 0.1) is 0 Å². The molecule has 4 heteroatoms. The fourth-order valence-electron chi connectivity index (χ4n) is 1.55. The van der Waals surface area contributed by atoms with Gasteiger partial charge in [-0.3, -0.25) is 0 Å². The van der Waals surface area contributed by atoms with Gasteiger partial charge in [0.15, 0.2) is 0 Å². The van der Waals surface area contributed by atoms with Crippen molar-refractivity contribution in [3.05, 3.63) is 48.2 Å². The predicted molar refractivity (Wildman–Crippen MR) is 63.0 cm³/mol. The molecule has 3 nitrogen and oxygen atoms in total. The molecule has 16 heavy (non-hydrogen) atoms. The van der Waals surface area contributed by atoms with E-state index in [1.807, 2.05) is 18.2 Å². The number of nitrogens with zero attached hydrogens (tertiary/aromatic N) is 2. The molecule has 0 bridgehead atoms. The molecule has 0 spiro atoms. The lowest BCUT2D eigenvalue weighted by Crippen LogP contribution is -1.80. The van der Waals surface area contributed by atoms with Crippen molar-refractivity contribution >= 4 is 11.3 Å². The van der Waals surface area contributed by atoms with E-state index in [1.54, 1.807) is 11.3 Å². The summed E-state index contributed by atoms with van der Waals surface area (Å²) in [6, 6.07) is 12.3. The van der Waals surface area contributed by atoms with Crippen LogP contribution in [0.3, 0.4) is 0 Å². The number of hydrogen-bond acceptors (Lipinski definition) is 4. The third-order valence-corrected chi connectivity index (χ3v) is 3.21. The Kier molecular flexibility index (Phi) is 2.27. The van der Waals surface area contributed by atoms with Crippen molar-refractivity contribution in [3.8, 4) is 21.8 Å². The lowest BCUT2D eigenvalue weighted by molar-refractivity contribution is 0.419. The van der Waals surface area contributed by atoms with Crippen LogP contribution in [0.25, 0.3) is 21.8 Å². The number of thiophene rings is 1. The monoisotopic (exact) mass is 228 g/mol. The van der Waals surface area contributed by atoms with Crippen LogP contribution < -0.4 is 0 Å². The highest BCUT2D eigenvalue weighted by Gasteiger charge is 2.05. The van der Waals surface area contributed by atoms with Crippen LogP contribution in [0, 0.1) is 0 Å². The second-order valence-corrected chi connectivity index (χ2v) is 4.26. The van der Waals surface area contributed by atoms with Crippen molar-refractivity contribution in [2.75, 3.05) is 0 Å². The molecule has 0 unspecified atom stereocenters. The van der Waals surface area contributed by atoms with Gasteiger partial charge in [0.2, 0.25) is 12.2 Å². The molecular weight excluding hydrogens is 220 g/mol. The molecule has 2 heterocycles. The van der Waals surface area contributed by atoms with Crippen LogP contribution in [-0.4, -0.2) is 10.1 Å². The van der Waals surface area contributed by atoms with Gasteiger partial charge in [-0.1, -0.05) is 29.4 Å². The van der Waals surface area contributed by atoms with Gasteiger partial charge in [-0.2, -0.15) is 4.98 Å². The highest BCUT2D eigenvalue weighted by Crippen LogP contribution is 2.27.